The average molecular weight is 465 g/mol. The van der Waals surface area contributed by atoms with Gasteiger partial charge in [-0.05, 0) is 72.7 Å². The molecule has 1 saturated heterocycles. The quantitative estimate of drug-likeness (QED) is 0.477. The number of amides is 1. The third-order valence-electron chi connectivity index (χ3n) is 6.94. The van der Waals surface area contributed by atoms with Crippen molar-refractivity contribution in [3.63, 3.8) is 0 Å². The second kappa shape index (κ2) is 8.90. The highest BCUT2D eigenvalue weighted by molar-refractivity contribution is 6.31. The van der Waals surface area contributed by atoms with Gasteiger partial charge in [-0.2, -0.15) is 0 Å². The largest absolute Gasteiger partial charge is 0.325 e. The Labute approximate surface area is 199 Å². The average Bonchev–Trinajstić information content (AvgIpc) is 3.06. The molecular weight excluding hydrogens is 439 g/mol. The van der Waals surface area contributed by atoms with Crippen molar-refractivity contribution in [2.24, 2.45) is 5.92 Å². The second-order valence-corrected chi connectivity index (χ2v) is 9.85. The van der Waals surface area contributed by atoms with E-state index in [2.05, 4.69) is 40.5 Å². The molecule has 0 aromatic heterocycles. The summed E-state index contributed by atoms with van der Waals surface area (Å²) in [4.78, 5) is 16.2. The molecule has 2 atom stereocenters. The van der Waals surface area contributed by atoms with Crippen LogP contribution in [0.15, 0.2) is 72.8 Å². The first-order valence-corrected chi connectivity index (χ1v) is 11.9. The maximum Gasteiger partial charge on any atom is 0.235 e. The van der Waals surface area contributed by atoms with Gasteiger partial charge in [0.15, 0.2) is 0 Å². The van der Waals surface area contributed by atoms with Crippen LogP contribution >= 0.6 is 23.2 Å². The number of halogens is 2. The summed E-state index contributed by atoms with van der Waals surface area (Å²) in [5.74, 6) is 0.266. The first-order valence-electron chi connectivity index (χ1n) is 11.2. The number of piperidine rings is 1. The van der Waals surface area contributed by atoms with Gasteiger partial charge in [-0.3, -0.25) is 9.69 Å². The lowest BCUT2D eigenvalue weighted by Crippen LogP contribution is -2.50. The van der Waals surface area contributed by atoms with Crippen molar-refractivity contribution >= 4 is 34.8 Å². The molecule has 2 heterocycles. The van der Waals surface area contributed by atoms with Gasteiger partial charge >= 0.3 is 0 Å². The summed E-state index contributed by atoms with van der Waals surface area (Å²) in [6.45, 7) is 2.83. The maximum absolute atomic E-state index is 13.7. The fourth-order valence-corrected chi connectivity index (χ4v) is 5.89. The Kier molecular flexibility index (Phi) is 5.98. The minimum Gasteiger partial charge on any atom is -0.325 e. The van der Waals surface area contributed by atoms with Crippen LogP contribution in [-0.2, 0) is 23.2 Å². The van der Waals surface area contributed by atoms with E-state index in [9.17, 15) is 4.79 Å². The number of hydrogen-bond donors (Lipinski definition) is 1. The Balaban J connectivity index is 1.52. The lowest BCUT2D eigenvalue weighted by molar-refractivity contribution is -0.123. The molecule has 164 valence electrons. The Morgan fingerprint density at radius 1 is 0.938 bits per heavy atom. The topological polar surface area (TPSA) is 32.3 Å². The van der Waals surface area contributed by atoms with Crippen molar-refractivity contribution in [1.82, 2.24) is 4.90 Å². The number of rotatable bonds is 5. The predicted octanol–water partition coefficient (Wildman–Crippen LogP) is 6.34. The molecule has 1 fully saturated rings. The lowest BCUT2D eigenvalue weighted by atomic mass is 9.65. The van der Waals surface area contributed by atoms with Gasteiger partial charge < -0.3 is 5.32 Å². The monoisotopic (exact) mass is 464 g/mol. The van der Waals surface area contributed by atoms with Crippen LogP contribution in [0, 0.1) is 5.92 Å². The van der Waals surface area contributed by atoms with E-state index in [1.165, 1.54) is 5.56 Å². The number of carbonyl (C=O) groups is 1. The SMILES string of the molecule is O=C1Nc2cc(Cl)ccc2C1(Cc1cccc(Cl)c1)C1CCCN(Cc2ccccc2)C1. The van der Waals surface area contributed by atoms with Crippen molar-refractivity contribution in [2.75, 3.05) is 18.4 Å². The van der Waals surface area contributed by atoms with E-state index in [1.807, 2.05) is 42.5 Å². The third kappa shape index (κ3) is 4.05. The number of benzene rings is 3. The molecule has 3 aromatic carbocycles. The summed E-state index contributed by atoms with van der Waals surface area (Å²) in [7, 11) is 0. The van der Waals surface area contributed by atoms with Gasteiger partial charge in [0.1, 0.15) is 0 Å². The minimum absolute atomic E-state index is 0.0707. The van der Waals surface area contributed by atoms with Gasteiger partial charge in [-0.25, -0.2) is 0 Å². The summed E-state index contributed by atoms with van der Waals surface area (Å²) in [5, 5.41) is 4.48. The molecule has 3 nitrogen and oxygen atoms in total. The first-order chi connectivity index (χ1) is 15.5. The number of hydrogen-bond acceptors (Lipinski definition) is 2. The third-order valence-corrected chi connectivity index (χ3v) is 7.41. The van der Waals surface area contributed by atoms with E-state index in [0.717, 1.165) is 49.3 Å². The van der Waals surface area contributed by atoms with Gasteiger partial charge in [-0.1, -0.05) is 71.7 Å². The van der Waals surface area contributed by atoms with Crippen LogP contribution < -0.4 is 5.32 Å². The van der Waals surface area contributed by atoms with Crippen LogP contribution in [0.25, 0.3) is 0 Å². The molecular formula is C27H26Cl2N2O. The Morgan fingerprint density at radius 2 is 1.72 bits per heavy atom. The molecule has 0 saturated carbocycles. The number of fused-ring (bicyclic) bond motifs is 1. The van der Waals surface area contributed by atoms with E-state index in [1.54, 1.807) is 0 Å². The van der Waals surface area contributed by atoms with Crippen LogP contribution in [0.5, 0.6) is 0 Å². The van der Waals surface area contributed by atoms with Gasteiger partial charge in [0.25, 0.3) is 0 Å². The summed E-state index contributed by atoms with van der Waals surface area (Å²) >= 11 is 12.6. The summed E-state index contributed by atoms with van der Waals surface area (Å²) < 4.78 is 0. The van der Waals surface area contributed by atoms with Gasteiger partial charge in [0, 0.05) is 28.8 Å². The molecule has 0 radical (unpaired) electrons. The standard InChI is InChI=1S/C27H26Cl2N2O/c28-22-10-4-8-20(14-22)16-27(24-12-11-23(29)15-25(24)30-26(27)32)21-9-5-13-31(18-21)17-19-6-2-1-3-7-19/h1-4,6-8,10-12,14-15,21H,5,9,13,16-18H2,(H,30,32). The molecule has 0 spiro atoms. The smallest absolute Gasteiger partial charge is 0.235 e. The molecule has 32 heavy (non-hydrogen) atoms. The van der Waals surface area contributed by atoms with Crippen molar-refractivity contribution in [2.45, 2.75) is 31.2 Å². The molecule has 2 aliphatic heterocycles. The highest BCUT2D eigenvalue weighted by Crippen LogP contribution is 2.49. The Morgan fingerprint density at radius 3 is 2.53 bits per heavy atom. The highest BCUT2D eigenvalue weighted by atomic mass is 35.5. The Hall–Kier alpha value is -2.33. The number of nitrogens with one attached hydrogen (secondary N) is 1. The second-order valence-electron chi connectivity index (χ2n) is 8.98. The van der Waals surface area contributed by atoms with Gasteiger partial charge in [0.2, 0.25) is 5.91 Å². The lowest BCUT2D eigenvalue weighted by Gasteiger charge is -2.42. The molecule has 2 aliphatic rings. The van der Waals surface area contributed by atoms with Crippen LogP contribution in [0.1, 0.15) is 29.5 Å². The van der Waals surface area contributed by atoms with Gasteiger partial charge in [0.05, 0.1) is 5.41 Å². The number of anilines is 1. The Bertz CT molecular complexity index is 1130. The van der Waals surface area contributed by atoms with E-state index < -0.39 is 5.41 Å². The zero-order chi connectivity index (χ0) is 22.1. The normalized spacial score (nSPS) is 23.1. The zero-order valence-corrected chi connectivity index (χ0v) is 19.4. The van der Waals surface area contributed by atoms with E-state index >= 15 is 0 Å². The fraction of sp³-hybridized carbons (Fsp3) is 0.296. The van der Waals surface area contributed by atoms with Crippen molar-refractivity contribution < 1.29 is 4.79 Å². The zero-order valence-electron chi connectivity index (χ0n) is 17.9. The van der Waals surface area contributed by atoms with Crippen LogP contribution in [0.2, 0.25) is 10.0 Å². The van der Waals surface area contributed by atoms with E-state index in [-0.39, 0.29) is 11.8 Å². The van der Waals surface area contributed by atoms with Crippen LogP contribution in [0.3, 0.4) is 0 Å². The molecule has 1 amide bonds. The van der Waals surface area contributed by atoms with Crippen LogP contribution in [-0.4, -0.2) is 23.9 Å². The number of nitrogens with zero attached hydrogens (tertiary/aromatic N) is 1. The number of carbonyl (C=O) groups excluding carboxylic acids is 1. The molecule has 2 unspecified atom stereocenters. The molecule has 3 aromatic rings. The molecule has 1 N–H and O–H groups in total. The number of likely N-dealkylation sites (tertiary alicyclic amines) is 1. The fourth-order valence-electron chi connectivity index (χ4n) is 5.50. The first kappa shape index (κ1) is 21.5. The van der Waals surface area contributed by atoms with E-state index in [0.29, 0.717) is 16.5 Å². The summed E-state index contributed by atoms with van der Waals surface area (Å²) in [5.41, 5.74) is 3.64. The molecule has 5 rings (SSSR count). The molecule has 0 aliphatic carbocycles. The molecule has 0 bridgehead atoms. The van der Waals surface area contributed by atoms with Crippen molar-refractivity contribution in [3.8, 4) is 0 Å². The minimum atomic E-state index is -0.639. The van der Waals surface area contributed by atoms with E-state index in [4.69, 9.17) is 23.2 Å². The molecule has 5 heteroatoms. The summed E-state index contributed by atoms with van der Waals surface area (Å²) in [6.07, 6.45) is 2.71. The van der Waals surface area contributed by atoms with Crippen molar-refractivity contribution in [1.29, 1.82) is 0 Å². The highest BCUT2D eigenvalue weighted by Gasteiger charge is 2.52. The van der Waals surface area contributed by atoms with Crippen molar-refractivity contribution in [3.05, 3.63) is 99.5 Å². The van der Waals surface area contributed by atoms with Gasteiger partial charge in [-0.15, -0.1) is 0 Å². The summed E-state index contributed by atoms with van der Waals surface area (Å²) in [6, 6.07) is 24.3. The maximum atomic E-state index is 13.7. The predicted molar refractivity (Wildman–Crippen MR) is 131 cm³/mol. The van der Waals surface area contributed by atoms with Crippen LogP contribution in [0.4, 0.5) is 5.69 Å².